The van der Waals surface area contributed by atoms with Gasteiger partial charge in [-0.2, -0.15) is 0 Å². The average Bonchev–Trinajstić information content (AvgIpc) is 2.41. The summed E-state index contributed by atoms with van der Waals surface area (Å²) in [6.45, 7) is 6.06. The summed E-state index contributed by atoms with van der Waals surface area (Å²) < 4.78 is 0. The number of rotatable bonds is 6. The Labute approximate surface area is 136 Å². The minimum absolute atomic E-state index is 0.0445. The Bertz CT molecular complexity index is 588. The fourth-order valence-electron chi connectivity index (χ4n) is 2.58. The minimum Gasteiger partial charge on any atom is -0.507 e. The van der Waals surface area contributed by atoms with Crippen molar-refractivity contribution >= 4 is 34.0 Å². The maximum absolute atomic E-state index is 10.5. The first-order valence-corrected chi connectivity index (χ1v) is 8.04. The van der Waals surface area contributed by atoms with Gasteiger partial charge in [0.15, 0.2) is 0 Å². The first-order valence-electron chi connectivity index (χ1n) is 7.17. The molecule has 2 atom stereocenters. The van der Waals surface area contributed by atoms with Gasteiger partial charge < -0.3 is 5.11 Å². The second kappa shape index (κ2) is 7.35. The van der Waals surface area contributed by atoms with Crippen LogP contribution in [0.1, 0.15) is 19.4 Å². The molecule has 2 aromatic rings. The second-order valence-electron chi connectivity index (χ2n) is 5.55. The number of nitrogens with zero attached hydrogens (tertiary/aromatic N) is 1. The van der Waals surface area contributed by atoms with Crippen molar-refractivity contribution in [2.45, 2.75) is 31.1 Å². The van der Waals surface area contributed by atoms with Gasteiger partial charge in [0.1, 0.15) is 5.75 Å². The van der Waals surface area contributed by atoms with Crippen molar-refractivity contribution < 1.29 is 5.11 Å². The van der Waals surface area contributed by atoms with E-state index in [1.807, 2.05) is 50.2 Å². The number of hydrogen-bond donors (Lipinski definition) is 1. The molecule has 21 heavy (non-hydrogen) atoms. The van der Waals surface area contributed by atoms with Gasteiger partial charge in [-0.05, 0) is 19.2 Å². The molecule has 0 unspecified atom stereocenters. The van der Waals surface area contributed by atoms with Crippen LogP contribution < -0.4 is 0 Å². The Morgan fingerprint density at radius 1 is 1.00 bits per heavy atom. The number of hydrogen-bond acceptors (Lipinski definition) is 2. The van der Waals surface area contributed by atoms with Crippen molar-refractivity contribution in [2.24, 2.45) is 0 Å². The number of halogens is 2. The molecule has 0 fully saturated rings. The Hall–Kier alpha value is -0.960. The predicted octanol–water partition coefficient (Wildman–Crippen LogP) is 4.60. The lowest BCUT2D eigenvalue weighted by Gasteiger charge is -2.25. The lowest BCUT2D eigenvalue weighted by Crippen LogP contribution is -2.33. The van der Waals surface area contributed by atoms with Gasteiger partial charge in [0.05, 0.1) is 0 Å². The molecule has 0 aromatic heterocycles. The number of benzene rings is 2. The molecular formula is C17H21Cl2NO. The fraction of sp³-hybridized carbons (Fsp3) is 0.412. The number of fused-ring (bicyclic) bond motifs is 1. The highest BCUT2D eigenvalue weighted by atomic mass is 35.5. The molecule has 1 N–H and O–H groups in total. The Kier molecular flexibility index (Phi) is 5.74. The van der Waals surface area contributed by atoms with Crippen molar-refractivity contribution in [1.29, 1.82) is 0 Å². The predicted molar refractivity (Wildman–Crippen MR) is 91.5 cm³/mol. The van der Waals surface area contributed by atoms with Gasteiger partial charge in [0.2, 0.25) is 0 Å². The number of phenols is 1. The summed E-state index contributed by atoms with van der Waals surface area (Å²) in [5.41, 5.74) is 0.906. The number of alkyl halides is 2. The van der Waals surface area contributed by atoms with Crippen LogP contribution in [0.15, 0.2) is 36.4 Å². The van der Waals surface area contributed by atoms with Crippen LogP contribution in [0.3, 0.4) is 0 Å². The molecule has 0 heterocycles. The van der Waals surface area contributed by atoms with Crippen LogP contribution in [-0.2, 0) is 6.54 Å². The topological polar surface area (TPSA) is 23.5 Å². The van der Waals surface area contributed by atoms with Crippen LogP contribution in [0.4, 0.5) is 0 Å². The van der Waals surface area contributed by atoms with E-state index in [0.29, 0.717) is 12.3 Å². The molecule has 4 heteroatoms. The van der Waals surface area contributed by atoms with Crippen LogP contribution in [0.25, 0.3) is 10.8 Å². The average molecular weight is 326 g/mol. The highest BCUT2D eigenvalue weighted by molar-refractivity contribution is 6.21. The zero-order valence-corrected chi connectivity index (χ0v) is 13.9. The van der Waals surface area contributed by atoms with Crippen molar-refractivity contribution in [3.8, 4) is 5.75 Å². The van der Waals surface area contributed by atoms with E-state index in [2.05, 4.69) is 4.90 Å². The summed E-state index contributed by atoms with van der Waals surface area (Å²) in [6.07, 6.45) is 0. The summed E-state index contributed by atoms with van der Waals surface area (Å²) in [5.74, 6) is 0.350. The Morgan fingerprint density at radius 3 is 2.24 bits per heavy atom. The van der Waals surface area contributed by atoms with Crippen LogP contribution in [0.2, 0.25) is 0 Å². The SMILES string of the molecule is C[C@H](Cl)CN(Cc1ccc2ccccc2c1O)C[C@H](C)Cl. The maximum atomic E-state index is 10.5. The van der Waals surface area contributed by atoms with Crippen LogP contribution in [0.5, 0.6) is 5.75 Å². The van der Waals surface area contributed by atoms with Crippen molar-refractivity contribution in [1.82, 2.24) is 4.90 Å². The van der Waals surface area contributed by atoms with E-state index >= 15 is 0 Å². The van der Waals surface area contributed by atoms with Gasteiger partial charge in [-0.15, -0.1) is 23.2 Å². The molecule has 0 radical (unpaired) electrons. The first-order chi connectivity index (χ1) is 9.97. The van der Waals surface area contributed by atoms with E-state index in [-0.39, 0.29) is 10.8 Å². The van der Waals surface area contributed by atoms with Gasteiger partial charge >= 0.3 is 0 Å². The summed E-state index contributed by atoms with van der Waals surface area (Å²) >= 11 is 12.2. The lowest BCUT2D eigenvalue weighted by atomic mass is 10.0. The molecule has 2 nitrogen and oxygen atoms in total. The molecule has 0 bridgehead atoms. The normalized spacial score (nSPS) is 14.5. The molecule has 0 saturated heterocycles. The van der Waals surface area contributed by atoms with Crippen molar-refractivity contribution in [3.05, 3.63) is 42.0 Å². The molecule has 0 spiro atoms. The van der Waals surface area contributed by atoms with Crippen LogP contribution in [0, 0.1) is 0 Å². The van der Waals surface area contributed by atoms with Gasteiger partial charge in [-0.25, -0.2) is 0 Å². The molecule has 0 aliphatic heterocycles. The Balaban J connectivity index is 2.25. The summed E-state index contributed by atoms with van der Waals surface area (Å²) in [6, 6.07) is 11.9. The third kappa shape index (κ3) is 4.50. The smallest absolute Gasteiger partial charge is 0.127 e. The molecule has 2 rings (SSSR count). The third-order valence-electron chi connectivity index (χ3n) is 3.40. The van der Waals surface area contributed by atoms with Gasteiger partial charge in [-0.1, -0.05) is 36.4 Å². The molecule has 0 amide bonds. The van der Waals surface area contributed by atoms with Crippen LogP contribution in [-0.4, -0.2) is 33.9 Å². The van der Waals surface area contributed by atoms with Crippen molar-refractivity contribution in [3.63, 3.8) is 0 Å². The maximum Gasteiger partial charge on any atom is 0.127 e. The van der Waals surface area contributed by atoms with Crippen molar-refractivity contribution in [2.75, 3.05) is 13.1 Å². The zero-order valence-electron chi connectivity index (χ0n) is 12.4. The monoisotopic (exact) mass is 325 g/mol. The fourth-order valence-corrected chi connectivity index (χ4v) is 2.97. The minimum atomic E-state index is 0.0445. The number of aromatic hydroxyl groups is 1. The van der Waals surface area contributed by atoms with E-state index in [1.54, 1.807) is 0 Å². The highest BCUT2D eigenvalue weighted by Crippen LogP contribution is 2.29. The van der Waals surface area contributed by atoms with E-state index in [0.717, 1.165) is 29.4 Å². The van der Waals surface area contributed by atoms with E-state index in [1.165, 1.54) is 0 Å². The summed E-state index contributed by atoms with van der Waals surface area (Å²) in [7, 11) is 0. The number of phenolic OH excluding ortho intramolecular Hbond substituents is 1. The summed E-state index contributed by atoms with van der Waals surface area (Å²) in [5, 5.41) is 12.5. The largest absolute Gasteiger partial charge is 0.507 e. The van der Waals surface area contributed by atoms with Gasteiger partial charge in [0.25, 0.3) is 0 Å². The van der Waals surface area contributed by atoms with Gasteiger partial charge in [-0.3, -0.25) is 4.90 Å². The molecule has 114 valence electrons. The zero-order chi connectivity index (χ0) is 15.4. The lowest BCUT2D eigenvalue weighted by molar-refractivity contribution is 0.267. The standard InChI is InChI=1S/C17H21Cl2NO/c1-12(18)9-20(10-13(2)19)11-15-8-7-14-5-3-4-6-16(14)17(15)21/h3-8,12-13,21H,9-11H2,1-2H3/t12-,13-/m0/s1. The van der Waals surface area contributed by atoms with E-state index in [9.17, 15) is 5.11 Å². The first kappa shape index (κ1) is 16.4. The molecule has 0 aliphatic carbocycles. The quantitative estimate of drug-likeness (QED) is 0.784. The van der Waals surface area contributed by atoms with E-state index < -0.39 is 0 Å². The second-order valence-corrected chi connectivity index (χ2v) is 7.04. The van der Waals surface area contributed by atoms with Gasteiger partial charge in [0, 0.05) is 41.3 Å². The third-order valence-corrected chi connectivity index (χ3v) is 3.67. The summed E-state index contributed by atoms with van der Waals surface area (Å²) in [4.78, 5) is 2.18. The molecular weight excluding hydrogens is 305 g/mol. The molecule has 0 saturated carbocycles. The molecule has 0 aliphatic rings. The van der Waals surface area contributed by atoms with Crippen LogP contribution >= 0.6 is 23.2 Å². The Morgan fingerprint density at radius 2 is 1.62 bits per heavy atom. The highest BCUT2D eigenvalue weighted by Gasteiger charge is 2.15. The molecule has 2 aromatic carbocycles. The van der Waals surface area contributed by atoms with E-state index in [4.69, 9.17) is 23.2 Å².